The molecule has 43 heavy (non-hydrogen) atoms. The molecule has 0 amide bonds. The molecule has 0 N–H and O–H groups in total. The van der Waals surface area contributed by atoms with Crippen LogP contribution in [0.2, 0.25) is 0 Å². The Labute approximate surface area is 262 Å². The molecule has 4 fully saturated rings. The highest BCUT2D eigenvalue weighted by Gasteiger charge is 2.63. The molecule has 4 saturated carbocycles. The fourth-order valence-electron chi connectivity index (χ4n) is 10.9. The van der Waals surface area contributed by atoms with E-state index in [1.54, 1.807) is 0 Å². The van der Waals surface area contributed by atoms with Crippen molar-refractivity contribution in [3.63, 3.8) is 0 Å². The second-order valence-corrected chi connectivity index (χ2v) is 15.9. The third-order valence-electron chi connectivity index (χ3n) is 13.1. The van der Waals surface area contributed by atoms with Crippen LogP contribution in [0, 0.1) is 52.3 Å². The Hall–Kier alpha value is -2.00. The van der Waals surface area contributed by atoms with E-state index in [2.05, 4.69) is 65.0 Å². The van der Waals surface area contributed by atoms with Gasteiger partial charge in [-0.1, -0.05) is 90.3 Å². The van der Waals surface area contributed by atoms with E-state index in [0.717, 1.165) is 59.8 Å². The lowest BCUT2D eigenvalue weighted by atomic mass is 9.43. The zero-order chi connectivity index (χ0) is 30.0. The quantitative estimate of drug-likeness (QED) is 0.245. The van der Waals surface area contributed by atoms with Crippen molar-refractivity contribution >= 4 is 0 Å². The highest BCUT2D eigenvalue weighted by atomic mass is 16.7. The van der Waals surface area contributed by atoms with Gasteiger partial charge in [0.1, 0.15) is 11.5 Å². The van der Waals surface area contributed by atoms with Gasteiger partial charge in [-0.05, 0) is 128 Å². The normalized spacial score (nSPS) is 37.7. The molecule has 10 atom stereocenters. The van der Waals surface area contributed by atoms with Crippen LogP contribution < -0.4 is 9.47 Å². The minimum Gasteiger partial charge on any atom is -0.490 e. The lowest BCUT2D eigenvalue weighted by Crippen LogP contribution is -2.59. The van der Waals surface area contributed by atoms with Gasteiger partial charge in [-0.3, -0.25) is 0 Å². The summed E-state index contributed by atoms with van der Waals surface area (Å²) in [5, 5.41) is 0. The lowest BCUT2D eigenvalue weighted by Gasteiger charge is -2.63. The van der Waals surface area contributed by atoms with Crippen molar-refractivity contribution in [3.8, 4) is 11.5 Å². The summed E-state index contributed by atoms with van der Waals surface area (Å²) >= 11 is 0. The monoisotopic (exact) mass is 586 g/mol. The molecule has 2 aromatic rings. The van der Waals surface area contributed by atoms with Crippen molar-refractivity contribution in [1.82, 2.24) is 0 Å². The summed E-state index contributed by atoms with van der Waals surface area (Å²) in [6, 6.07) is 20.6. The molecule has 0 aromatic heterocycles. The highest BCUT2D eigenvalue weighted by Crippen LogP contribution is 2.68. The minimum absolute atomic E-state index is 0.224. The van der Waals surface area contributed by atoms with Crippen LogP contribution in [0.3, 0.4) is 0 Å². The largest absolute Gasteiger partial charge is 0.490 e. The van der Waals surface area contributed by atoms with Gasteiger partial charge in [0.2, 0.25) is 0 Å². The fraction of sp³-hybridized carbons (Fsp3) is 0.700. The molecule has 4 aliphatic rings. The summed E-state index contributed by atoms with van der Waals surface area (Å²) in [4.78, 5) is 0. The van der Waals surface area contributed by atoms with Gasteiger partial charge in [-0.15, -0.1) is 0 Å². The third-order valence-corrected chi connectivity index (χ3v) is 13.1. The molecule has 0 radical (unpaired) electrons. The van der Waals surface area contributed by atoms with Crippen LogP contribution in [0.25, 0.3) is 0 Å². The van der Waals surface area contributed by atoms with E-state index in [-0.39, 0.29) is 12.2 Å². The van der Waals surface area contributed by atoms with E-state index in [4.69, 9.17) is 14.2 Å². The van der Waals surface area contributed by atoms with Crippen molar-refractivity contribution in [2.45, 2.75) is 117 Å². The molecule has 4 aliphatic carbocycles. The molecule has 3 nitrogen and oxygen atoms in total. The van der Waals surface area contributed by atoms with Gasteiger partial charge in [-0.25, -0.2) is 0 Å². The number of hydrogen-bond acceptors (Lipinski definition) is 3. The summed E-state index contributed by atoms with van der Waals surface area (Å²) in [5.74, 6) is 7.35. The topological polar surface area (TPSA) is 27.7 Å². The first kappa shape index (κ1) is 31.0. The average molecular weight is 587 g/mol. The first-order valence-corrected chi connectivity index (χ1v) is 17.8. The van der Waals surface area contributed by atoms with Crippen molar-refractivity contribution in [1.29, 1.82) is 0 Å². The predicted molar refractivity (Wildman–Crippen MR) is 176 cm³/mol. The number of rotatable bonds is 11. The van der Waals surface area contributed by atoms with E-state index in [1.165, 1.54) is 57.8 Å². The molecule has 236 valence electrons. The molecular weight excluding hydrogens is 528 g/mol. The van der Waals surface area contributed by atoms with Crippen molar-refractivity contribution in [2.24, 2.45) is 52.3 Å². The summed E-state index contributed by atoms with van der Waals surface area (Å²) in [7, 11) is 0. The Kier molecular flexibility index (Phi) is 9.49. The van der Waals surface area contributed by atoms with Crippen molar-refractivity contribution in [2.75, 3.05) is 6.79 Å². The Morgan fingerprint density at radius 3 is 2.12 bits per heavy atom. The molecule has 0 heterocycles. The van der Waals surface area contributed by atoms with Crippen LogP contribution in [0.5, 0.6) is 11.5 Å². The maximum Gasteiger partial charge on any atom is 0.189 e. The zero-order valence-corrected chi connectivity index (χ0v) is 27.7. The molecule has 0 bridgehead atoms. The summed E-state index contributed by atoms with van der Waals surface area (Å²) in [5.41, 5.74) is 0.791. The van der Waals surface area contributed by atoms with Crippen LogP contribution in [0.1, 0.15) is 105 Å². The van der Waals surface area contributed by atoms with Gasteiger partial charge >= 0.3 is 0 Å². The van der Waals surface area contributed by atoms with Crippen molar-refractivity contribution < 1.29 is 14.2 Å². The van der Waals surface area contributed by atoms with Crippen LogP contribution in [0.15, 0.2) is 60.7 Å². The Morgan fingerprint density at radius 1 is 0.721 bits per heavy atom. The smallest absolute Gasteiger partial charge is 0.189 e. The third kappa shape index (κ3) is 6.40. The van der Waals surface area contributed by atoms with Crippen LogP contribution in [0.4, 0.5) is 0 Å². The van der Waals surface area contributed by atoms with Gasteiger partial charge in [0.15, 0.2) is 6.79 Å². The molecule has 3 heteroatoms. The number of hydrogen-bond donors (Lipinski definition) is 0. The SMILES string of the molecule is CC(C)CCCC(C)C1CCC2C3CC(OCOc4ccccc4)C4CC(Oc5ccccc5)CCC4(C)C3CCC12C. The maximum absolute atomic E-state index is 6.82. The standard InChI is InChI=1S/C40H58O3/c1-28(2)13-12-14-29(3)34-19-20-35-33-26-38(42-27-41-30-15-8-6-9-16-30)37-25-32(43-31-17-10-7-11-18-31)21-23-40(37,5)36(33)22-24-39(34,35)4/h6-11,15-18,28-29,32-38H,12-14,19-27H2,1-5H3. The molecule has 2 aromatic carbocycles. The van der Waals surface area contributed by atoms with Crippen LogP contribution in [-0.2, 0) is 4.74 Å². The van der Waals surface area contributed by atoms with E-state index in [0.29, 0.717) is 23.5 Å². The summed E-state index contributed by atoms with van der Waals surface area (Å²) in [6.45, 7) is 13.0. The predicted octanol–water partition coefficient (Wildman–Crippen LogP) is 10.6. The van der Waals surface area contributed by atoms with Gasteiger partial charge in [0, 0.05) is 0 Å². The zero-order valence-electron chi connectivity index (χ0n) is 27.7. The Bertz CT molecular complexity index is 1150. The number of ether oxygens (including phenoxy) is 3. The van der Waals surface area contributed by atoms with Gasteiger partial charge < -0.3 is 14.2 Å². The number of para-hydroxylation sites is 2. The number of fused-ring (bicyclic) bond motifs is 5. The molecule has 10 unspecified atom stereocenters. The van der Waals surface area contributed by atoms with Crippen LogP contribution >= 0.6 is 0 Å². The highest BCUT2D eigenvalue weighted by molar-refractivity contribution is 5.22. The number of benzene rings is 2. The molecule has 0 saturated heterocycles. The van der Waals surface area contributed by atoms with Crippen molar-refractivity contribution in [3.05, 3.63) is 60.7 Å². The van der Waals surface area contributed by atoms with E-state index in [9.17, 15) is 0 Å². The van der Waals surface area contributed by atoms with Gasteiger partial charge in [0.25, 0.3) is 0 Å². The van der Waals surface area contributed by atoms with E-state index >= 15 is 0 Å². The van der Waals surface area contributed by atoms with Gasteiger partial charge in [0.05, 0.1) is 12.2 Å². The lowest BCUT2D eigenvalue weighted by molar-refractivity contribution is -0.197. The van der Waals surface area contributed by atoms with Crippen LogP contribution in [-0.4, -0.2) is 19.0 Å². The molecule has 6 rings (SSSR count). The first-order valence-electron chi connectivity index (χ1n) is 17.8. The molecule has 0 spiro atoms. The average Bonchev–Trinajstić information content (AvgIpc) is 3.36. The fourth-order valence-corrected chi connectivity index (χ4v) is 10.9. The summed E-state index contributed by atoms with van der Waals surface area (Å²) < 4.78 is 19.6. The Balaban J connectivity index is 1.20. The second kappa shape index (κ2) is 13.2. The maximum atomic E-state index is 6.82. The molecule has 0 aliphatic heterocycles. The van der Waals surface area contributed by atoms with E-state index < -0.39 is 0 Å². The molecular formula is C40H58O3. The minimum atomic E-state index is 0.224. The van der Waals surface area contributed by atoms with Gasteiger partial charge in [-0.2, -0.15) is 0 Å². The summed E-state index contributed by atoms with van der Waals surface area (Å²) in [6.07, 6.45) is 15.0. The Morgan fingerprint density at radius 2 is 1.40 bits per heavy atom. The first-order chi connectivity index (χ1) is 20.8. The van der Waals surface area contributed by atoms with E-state index in [1.807, 2.05) is 30.3 Å². The second-order valence-electron chi connectivity index (χ2n) is 15.9.